The Bertz CT molecular complexity index is 798. The molecule has 0 aromatic heterocycles. The maximum Gasteiger partial charge on any atom is 0.255 e. The van der Waals surface area contributed by atoms with Crippen LogP contribution in [0.5, 0.6) is 0 Å². The van der Waals surface area contributed by atoms with Gasteiger partial charge in [-0.2, -0.15) is 4.31 Å². The van der Waals surface area contributed by atoms with Gasteiger partial charge in [0.25, 0.3) is 5.91 Å². The third kappa shape index (κ3) is 5.09. The highest BCUT2D eigenvalue weighted by Gasteiger charge is 2.27. The summed E-state index contributed by atoms with van der Waals surface area (Å²) in [5, 5.41) is 2.90. The first kappa shape index (κ1) is 22.0. The summed E-state index contributed by atoms with van der Waals surface area (Å²) < 4.78 is 38.2. The lowest BCUT2D eigenvalue weighted by Gasteiger charge is -2.31. The molecule has 0 spiro atoms. The van der Waals surface area contributed by atoms with E-state index in [-0.39, 0.29) is 17.4 Å². The van der Waals surface area contributed by atoms with Crippen LogP contribution in [0.15, 0.2) is 23.1 Å². The van der Waals surface area contributed by atoms with Crippen LogP contribution in [0.3, 0.4) is 0 Å². The number of hydrogen-bond donors (Lipinski definition) is 1. The molecule has 2 heterocycles. The molecule has 2 aliphatic heterocycles. The Labute approximate surface area is 173 Å². The number of anilines is 2. The summed E-state index contributed by atoms with van der Waals surface area (Å²) in [6.07, 6.45) is 2.64. The van der Waals surface area contributed by atoms with Gasteiger partial charge >= 0.3 is 0 Å². The Morgan fingerprint density at radius 3 is 2.52 bits per heavy atom. The molecule has 9 heteroatoms. The number of nitrogens with zero attached hydrogens (tertiary/aromatic N) is 2. The minimum Gasteiger partial charge on any atom is -0.376 e. The maximum atomic E-state index is 13.0. The van der Waals surface area contributed by atoms with Crippen LogP contribution in [0.4, 0.5) is 11.4 Å². The molecule has 1 unspecified atom stereocenters. The van der Waals surface area contributed by atoms with Crippen molar-refractivity contribution in [3.8, 4) is 0 Å². The van der Waals surface area contributed by atoms with Crippen molar-refractivity contribution in [2.24, 2.45) is 0 Å². The summed E-state index contributed by atoms with van der Waals surface area (Å²) in [4.78, 5) is 15.1. The number of ether oxygens (including phenoxy) is 2. The van der Waals surface area contributed by atoms with Crippen molar-refractivity contribution < 1.29 is 22.7 Å². The van der Waals surface area contributed by atoms with Gasteiger partial charge in [-0.25, -0.2) is 8.42 Å². The van der Waals surface area contributed by atoms with Gasteiger partial charge in [0.2, 0.25) is 10.0 Å². The zero-order chi connectivity index (χ0) is 20.9. The van der Waals surface area contributed by atoms with Gasteiger partial charge in [0, 0.05) is 26.2 Å². The van der Waals surface area contributed by atoms with Gasteiger partial charge in [0.1, 0.15) is 0 Å². The molecule has 2 aliphatic rings. The van der Waals surface area contributed by atoms with Crippen LogP contribution >= 0.6 is 0 Å². The van der Waals surface area contributed by atoms with Gasteiger partial charge in [0.05, 0.1) is 36.1 Å². The molecule has 2 saturated heterocycles. The second-order valence-corrected chi connectivity index (χ2v) is 9.18. The number of benzene rings is 1. The summed E-state index contributed by atoms with van der Waals surface area (Å²) >= 11 is 0. The molecule has 0 bridgehead atoms. The fourth-order valence-electron chi connectivity index (χ4n) is 3.75. The van der Waals surface area contributed by atoms with E-state index in [1.54, 1.807) is 18.2 Å². The third-order valence-corrected chi connectivity index (χ3v) is 7.42. The van der Waals surface area contributed by atoms with Crippen molar-refractivity contribution in [1.82, 2.24) is 4.31 Å². The van der Waals surface area contributed by atoms with E-state index in [1.165, 1.54) is 10.7 Å². The Balaban J connectivity index is 1.93. The van der Waals surface area contributed by atoms with Gasteiger partial charge in [-0.3, -0.25) is 4.79 Å². The van der Waals surface area contributed by atoms with Gasteiger partial charge in [0.15, 0.2) is 6.10 Å². The van der Waals surface area contributed by atoms with Crippen molar-refractivity contribution in [1.29, 1.82) is 0 Å². The number of hydrogen-bond acceptors (Lipinski definition) is 6. The Kier molecular flexibility index (Phi) is 7.50. The first-order valence-corrected chi connectivity index (χ1v) is 11.8. The summed E-state index contributed by atoms with van der Waals surface area (Å²) in [5.74, 6) is -0.319. The molecule has 162 valence electrons. The predicted octanol–water partition coefficient (Wildman–Crippen LogP) is 2.06. The molecule has 1 amide bonds. The molecular formula is C20H31N3O5S. The van der Waals surface area contributed by atoms with Gasteiger partial charge in [-0.1, -0.05) is 13.8 Å². The molecule has 0 radical (unpaired) electrons. The van der Waals surface area contributed by atoms with E-state index in [0.717, 1.165) is 31.6 Å². The zero-order valence-electron chi connectivity index (χ0n) is 17.2. The molecule has 1 N–H and O–H groups in total. The van der Waals surface area contributed by atoms with E-state index in [0.29, 0.717) is 32.0 Å². The molecule has 29 heavy (non-hydrogen) atoms. The average Bonchev–Trinajstić information content (AvgIpc) is 2.75. The highest BCUT2D eigenvalue weighted by Crippen LogP contribution is 2.32. The lowest BCUT2D eigenvalue weighted by Crippen LogP contribution is -2.39. The van der Waals surface area contributed by atoms with Crippen molar-refractivity contribution in [2.45, 2.75) is 44.1 Å². The number of sulfonamides is 1. The van der Waals surface area contributed by atoms with Crippen LogP contribution < -0.4 is 10.2 Å². The molecule has 1 aromatic carbocycles. The van der Waals surface area contributed by atoms with Crippen molar-refractivity contribution in [3.05, 3.63) is 18.2 Å². The number of rotatable bonds is 7. The summed E-state index contributed by atoms with van der Waals surface area (Å²) in [6, 6.07) is 5.00. The second kappa shape index (κ2) is 9.88. The SMILES string of the molecule is CCN(CC)S(=O)(=O)c1ccc(N2CCCCC2)c(NC(=O)C2COCCO2)c1. The standard InChI is InChI=1S/C20H31N3O5S/c1-3-23(4-2)29(25,26)16-8-9-18(22-10-6-5-7-11-22)17(14-16)21-20(24)19-15-27-12-13-28-19/h8-9,14,19H,3-7,10-13,15H2,1-2H3,(H,21,24). The lowest BCUT2D eigenvalue weighted by atomic mass is 10.1. The molecule has 0 aliphatic carbocycles. The van der Waals surface area contributed by atoms with E-state index in [2.05, 4.69) is 10.2 Å². The number of piperidine rings is 1. The van der Waals surface area contributed by atoms with Crippen LogP contribution in [0.2, 0.25) is 0 Å². The fourth-order valence-corrected chi connectivity index (χ4v) is 5.24. The summed E-state index contributed by atoms with van der Waals surface area (Å²) in [6.45, 7) is 7.21. The minimum absolute atomic E-state index is 0.179. The highest BCUT2D eigenvalue weighted by atomic mass is 32.2. The predicted molar refractivity (Wildman–Crippen MR) is 112 cm³/mol. The van der Waals surface area contributed by atoms with Crippen LogP contribution in [0, 0.1) is 0 Å². The van der Waals surface area contributed by atoms with Crippen LogP contribution in [0.25, 0.3) is 0 Å². The molecule has 8 nitrogen and oxygen atoms in total. The second-order valence-electron chi connectivity index (χ2n) is 7.24. The lowest BCUT2D eigenvalue weighted by molar-refractivity contribution is -0.142. The molecule has 2 fully saturated rings. The summed E-state index contributed by atoms with van der Waals surface area (Å²) in [5.41, 5.74) is 1.34. The fraction of sp³-hybridized carbons (Fsp3) is 0.650. The zero-order valence-corrected chi connectivity index (χ0v) is 18.0. The van der Waals surface area contributed by atoms with Gasteiger partial charge in [-0.05, 0) is 37.5 Å². The normalized spacial score (nSPS) is 20.7. The number of carbonyl (C=O) groups excluding carboxylic acids is 1. The van der Waals surface area contributed by atoms with Crippen molar-refractivity contribution in [3.63, 3.8) is 0 Å². The molecule has 0 saturated carbocycles. The Hall–Kier alpha value is -1.68. The molecule has 1 atom stereocenters. The first-order valence-electron chi connectivity index (χ1n) is 10.4. The molecule has 1 aromatic rings. The Morgan fingerprint density at radius 1 is 1.17 bits per heavy atom. The first-order chi connectivity index (χ1) is 14.0. The van der Waals surface area contributed by atoms with Crippen LogP contribution in [0.1, 0.15) is 33.1 Å². The number of nitrogens with one attached hydrogen (secondary N) is 1. The Morgan fingerprint density at radius 2 is 1.90 bits per heavy atom. The number of amides is 1. The molecular weight excluding hydrogens is 394 g/mol. The van der Waals surface area contributed by atoms with E-state index in [9.17, 15) is 13.2 Å². The van der Waals surface area contributed by atoms with Crippen LogP contribution in [-0.2, 0) is 24.3 Å². The monoisotopic (exact) mass is 425 g/mol. The van der Waals surface area contributed by atoms with Gasteiger partial charge in [-0.15, -0.1) is 0 Å². The van der Waals surface area contributed by atoms with E-state index >= 15 is 0 Å². The highest BCUT2D eigenvalue weighted by molar-refractivity contribution is 7.89. The maximum absolute atomic E-state index is 13.0. The number of carbonyl (C=O) groups is 1. The minimum atomic E-state index is -3.62. The third-order valence-electron chi connectivity index (χ3n) is 5.37. The van der Waals surface area contributed by atoms with E-state index in [1.807, 2.05) is 13.8 Å². The van der Waals surface area contributed by atoms with Crippen LogP contribution in [-0.4, -0.2) is 70.7 Å². The summed E-state index contributed by atoms with van der Waals surface area (Å²) in [7, 11) is -3.62. The van der Waals surface area contributed by atoms with Gasteiger partial charge < -0.3 is 19.7 Å². The molecule has 3 rings (SSSR count). The largest absolute Gasteiger partial charge is 0.376 e. The van der Waals surface area contributed by atoms with Crippen molar-refractivity contribution in [2.75, 3.05) is 56.2 Å². The quantitative estimate of drug-likeness (QED) is 0.719. The van der Waals surface area contributed by atoms with E-state index < -0.39 is 16.1 Å². The van der Waals surface area contributed by atoms with Crippen molar-refractivity contribution >= 4 is 27.3 Å². The smallest absolute Gasteiger partial charge is 0.255 e. The van der Waals surface area contributed by atoms with E-state index in [4.69, 9.17) is 9.47 Å². The average molecular weight is 426 g/mol. The topological polar surface area (TPSA) is 88.2 Å².